The summed E-state index contributed by atoms with van der Waals surface area (Å²) in [5.41, 5.74) is 1.28. The number of fused-ring (bicyclic) bond motifs is 1. The average Bonchev–Trinajstić information content (AvgIpc) is 3.08. The molecule has 3 aromatic rings. The standard InChI is InChI=1S/C18H19N3S/c1-19-18(21-13-16-9-5-11-22-16)20-12-15-8-4-7-14-6-2-3-10-17(14)15/h2-11H,12-13H2,1H3,(H2,19,20,21). The Morgan fingerprint density at radius 2 is 1.77 bits per heavy atom. The molecule has 0 aliphatic rings. The highest BCUT2D eigenvalue weighted by molar-refractivity contribution is 7.09. The van der Waals surface area contributed by atoms with Gasteiger partial charge in [-0.1, -0.05) is 48.5 Å². The maximum atomic E-state index is 4.28. The van der Waals surface area contributed by atoms with Crippen LogP contribution in [0.5, 0.6) is 0 Å². The fraction of sp³-hybridized carbons (Fsp3) is 0.167. The molecular formula is C18H19N3S. The molecule has 3 nitrogen and oxygen atoms in total. The normalized spacial score (nSPS) is 11.6. The molecule has 1 aromatic heterocycles. The first kappa shape index (κ1) is 14.6. The molecule has 22 heavy (non-hydrogen) atoms. The van der Waals surface area contributed by atoms with Gasteiger partial charge in [0.1, 0.15) is 0 Å². The smallest absolute Gasteiger partial charge is 0.191 e. The molecule has 0 aliphatic carbocycles. The fourth-order valence-corrected chi connectivity index (χ4v) is 3.07. The van der Waals surface area contributed by atoms with Gasteiger partial charge in [0.2, 0.25) is 0 Å². The molecule has 0 bridgehead atoms. The number of hydrogen-bond acceptors (Lipinski definition) is 2. The summed E-state index contributed by atoms with van der Waals surface area (Å²) in [7, 11) is 1.80. The van der Waals surface area contributed by atoms with Gasteiger partial charge in [-0.25, -0.2) is 0 Å². The van der Waals surface area contributed by atoms with E-state index >= 15 is 0 Å². The number of nitrogens with zero attached hydrogens (tertiary/aromatic N) is 1. The average molecular weight is 309 g/mol. The van der Waals surface area contributed by atoms with Crippen molar-refractivity contribution in [3.63, 3.8) is 0 Å². The second kappa shape index (κ2) is 7.09. The zero-order valence-electron chi connectivity index (χ0n) is 12.5. The van der Waals surface area contributed by atoms with Crippen molar-refractivity contribution in [1.29, 1.82) is 0 Å². The van der Waals surface area contributed by atoms with Crippen LogP contribution in [0.25, 0.3) is 10.8 Å². The van der Waals surface area contributed by atoms with Crippen molar-refractivity contribution in [1.82, 2.24) is 10.6 Å². The molecule has 0 unspecified atom stereocenters. The Balaban J connectivity index is 1.64. The topological polar surface area (TPSA) is 36.4 Å². The number of hydrogen-bond donors (Lipinski definition) is 2. The zero-order chi connectivity index (χ0) is 15.2. The quantitative estimate of drug-likeness (QED) is 0.568. The van der Waals surface area contributed by atoms with Crippen LogP contribution in [0.4, 0.5) is 0 Å². The molecule has 3 rings (SSSR count). The van der Waals surface area contributed by atoms with E-state index in [9.17, 15) is 0 Å². The lowest BCUT2D eigenvalue weighted by atomic mass is 10.0. The van der Waals surface area contributed by atoms with Gasteiger partial charge in [0, 0.05) is 18.5 Å². The van der Waals surface area contributed by atoms with E-state index < -0.39 is 0 Å². The van der Waals surface area contributed by atoms with Gasteiger partial charge in [-0.05, 0) is 27.8 Å². The second-order valence-corrected chi connectivity index (χ2v) is 6.03. The highest BCUT2D eigenvalue weighted by atomic mass is 32.1. The minimum Gasteiger partial charge on any atom is -0.352 e. The molecule has 1 heterocycles. The monoisotopic (exact) mass is 309 g/mol. The largest absolute Gasteiger partial charge is 0.352 e. The Labute approximate surface area is 134 Å². The summed E-state index contributed by atoms with van der Waals surface area (Å²) < 4.78 is 0. The van der Waals surface area contributed by atoms with Crippen LogP contribution in [0.2, 0.25) is 0 Å². The zero-order valence-corrected chi connectivity index (χ0v) is 13.4. The number of benzene rings is 2. The van der Waals surface area contributed by atoms with Gasteiger partial charge < -0.3 is 10.6 Å². The fourth-order valence-electron chi connectivity index (χ4n) is 2.43. The minimum absolute atomic E-state index is 0.755. The van der Waals surface area contributed by atoms with Gasteiger partial charge in [0.25, 0.3) is 0 Å². The number of rotatable bonds is 4. The summed E-state index contributed by atoms with van der Waals surface area (Å²) in [5, 5.41) is 11.4. The molecule has 2 N–H and O–H groups in total. The summed E-state index contributed by atoms with van der Waals surface area (Å²) in [6.07, 6.45) is 0. The maximum absolute atomic E-state index is 4.28. The molecule has 0 saturated carbocycles. The van der Waals surface area contributed by atoms with Crippen LogP contribution in [0.3, 0.4) is 0 Å². The van der Waals surface area contributed by atoms with Crippen molar-refractivity contribution < 1.29 is 0 Å². The Bertz CT molecular complexity index is 758. The molecule has 0 aliphatic heterocycles. The van der Waals surface area contributed by atoms with Crippen LogP contribution in [-0.2, 0) is 13.1 Å². The number of guanidine groups is 1. The van der Waals surface area contributed by atoms with Gasteiger partial charge in [0.15, 0.2) is 5.96 Å². The van der Waals surface area contributed by atoms with E-state index in [1.165, 1.54) is 21.2 Å². The van der Waals surface area contributed by atoms with Crippen molar-refractivity contribution in [2.75, 3.05) is 7.05 Å². The highest BCUT2D eigenvalue weighted by Gasteiger charge is 2.02. The van der Waals surface area contributed by atoms with E-state index in [2.05, 4.69) is 75.6 Å². The summed E-state index contributed by atoms with van der Waals surface area (Å²) in [6.45, 7) is 1.55. The molecule has 0 atom stereocenters. The SMILES string of the molecule is CN=C(NCc1cccs1)NCc1cccc2ccccc12. The number of nitrogens with one attached hydrogen (secondary N) is 2. The first-order chi connectivity index (χ1) is 10.9. The van der Waals surface area contributed by atoms with Crippen molar-refractivity contribution in [2.45, 2.75) is 13.1 Å². The third-order valence-electron chi connectivity index (χ3n) is 3.56. The third-order valence-corrected chi connectivity index (χ3v) is 4.44. The van der Waals surface area contributed by atoms with Gasteiger partial charge in [0.05, 0.1) is 6.54 Å². The second-order valence-electron chi connectivity index (χ2n) is 5.00. The van der Waals surface area contributed by atoms with E-state index in [1.807, 2.05) is 0 Å². The molecule has 0 saturated heterocycles. The van der Waals surface area contributed by atoms with E-state index in [4.69, 9.17) is 0 Å². The molecule has 112 valence electrons. The molecule has 0 amide bonds. The predicted molar refractivity (Wildman–Crippen MR) is 95.3 cm³/mol. The lowest BCUT2D eigenvalue weighted by Crippen LogP contribution is -2.36. The Kier molecular flexibility index (Phi) is 4.71. The summed E-state index contributed by atoms with van der Waals surface area (Å²) in [4.78, 5) is 5.58. The molecule has 2 aromatic carbocycles. The van der Waals surface area contributed by atoms with Gasteiger partial charge in [-0.2, -0.15) is 0 Å². The van der Waals surface area contributed by atoms with Crippen LogP contribution >= 0.6 is 11.3 Å². The number of thiophene rings is 1. The van der Waals surface area contributed by atoms with Crippen molar-refractivity contribution in [2.24, 2.45) is 4.99 Å². The Morgan fingerprint density at radius 1 is 0.955 bits per heavy atom. The highest BCUT2D eigenvalue weighted by Crippen LogP contribution is 2.18. The predicted octanol–water partition coefficient (Wildman–Crippen LogP) is 3.77. The lowest BCUT2D eigenvalue weighted by molar-refractivity contribution is 0.818. The van der Waals surface area contributed by atoms with Crippen LogP contribution in [0.1, 0.15) is 10.4 Å². The van der Waals surface area contributed by atoms with Gasteiger partial charge in [-0.15, -0.1) is 11.3 Å². The Morgan fingerprint density at radius 3 is 2.59 bits per heavy atom. The minimum atomic E-state index is 0.755. The summed E-state index contributed by atoms with van der Waals surface area (Å²) in [5.74, 6) is 0.821. The van der Waals surface area contributed by atoms with Gasteiger partial charge in [-0.3, -0.25) is 4.99 Å². The van der Waals surface area contributed by atoms with Crippen LogP contribution in [0.15, 0.2) is 65.0 Å². The summed E-state index contributed by atoms with van der Waals surface area (Å²) in [6, 6.07) is 19.0. The van der Waals surface area contributed by atoms with E-state index in [1.54, 1.807) is 18.4 Å². The molecule has 0 radical (unpaired) electrons. The van der Waals surface area contributed by atoms with Crippen LogP contribution in [0, 0.1) is 0 Å². The van der Waals surface area contributed by atoms with Crippen molar-refractivity contribution >= 4 is 28.1 Å². The molecule has 0 spiro atoms. The molecule has 0 fully saturated rings. The van der Waals surface area contributed by atoms with Crippen molar-refractivity contribution in [3.8, 4) is 0 Å². The van der Waals surface area contributed by atoms with E-state index in [-0.39, 0.29) is 0 Å². The number of aliphatic imine (C=N–C) groups is 1. The maximum Gasteiger partial charge on any atom is 0.191 e. The third kappa shape index (κ3) is 3.46. The molecular weight excluding hydrogens is 290 g/mol. The van der Waals surface area contributed by atoms with E-state index in [0.29, 0.717) is 0 Å². The molecule has 4 heteroatoms. The lowest BCUT2D eigenvalue weighted by Gasteiger charge is -2.12. The van der Waals surface area contributed by atoms with Crippen LogP contribution < -0.4 is 10.6 Å². The van der Waals surface area contributed by atoms with Crippen molar-refractivity contribution in [3.05, 3.63) is 70.4 Å². The van der Waals surface area contributed by atoms with Gasteiger partial charge >= 0.3 is 0 Å². The first-order valence-corrected chi connectivity index (χ1v) is 8.18. The van der Waals surface area contributed by atoms with E-state index in [0.717, 1.165) is 19.0 Å². The summed E-state index contributed by atoms with van der Waals surface area (Å²) >= 11 is 1.75. The first-order valence-electron chi connectivity index (χ1n) is 7.30. The van der Waals surface area contributed by atoms with Crippen LogP contribution in [-0.4, -0.2) is 13.0 Å². The Hall–Kier alpha value is -2.33.